The van der Waals surface area contributed by atoms with Gasteiger partial charge < -0.3 is 19.7 Å². The Balaban J connectivity index is 1.54. The maximum absolute atomic E-state index is 11.9. The second kappa shape index (κ2) is 6.59. The van der Waals surface area contributed by atoms with E-state index in [1.165, 1.54) is 0 Å². The molecule has 7 nitrogen and oxygen atoms in total. The molecule has 0 radical (unpaired) electrons. The molecule has 2 N–H and O–H groups in total. The molecule has 0 unspecified atom stereocenters. The largest absolute Gasteiger partial charge is 0.480 e. The van der Waals surface area contributed by atoms with Crippen LogP contribution in [0.25, 0.3) is 0 Å². The summed E-state index contributed by atoms with van der Waals surface area (Å²) in [5.41, 5.74) is 0.450. The Bertz CT molecular complexity index is 803. The Kier molecular flexibility index (Phi) is 4.26. The molecule has 4 rings (SSSR count). The van der Waals surface area contributed by atoms with Gasteiger partial charge in [0.25, 0.3) is 0 Å². The van der Waals surface area contributed by atoms with Gasteiger partial charge in [0.1, 0.15) is 6.04 Å². The van der Waals surface area contributed by atoms with Crippen LogP contribution < -0.4 is 9.47 Å². The van der Waals surface area contributed by atoms with E-state index >= 15 is 0 Å². The number of fused-ring (bicyclic) bond motifs is 1. The van der Waals surface area contributed by atoms with Gasteiger partial charge in [0.15, 0.2) is 11.5 Å². The van der Waals surface area contributed by atoms with Crippen LogP contribution in [0.15, 0.2) is 42.7 Å². The third-order valence-corrected chi connectivity index (χ3v) is 5.14. The van der Waals surface area contributed by atoms with Crippen LogP contribution in [0.5, 0.6) is 11.5 Å². The van der Waals surface area contributed by atoms with Crippen LogP contribution >= 0.6 is 0 Å². The third-order valence-electron chi connectivity index (χ3n) is 5.14. The molecule has 2 aliphatic rings. The summed E-state index contributed by atoms with van der Waals surface area (Å²) in [6, 6.07) is 8.09. The highest BCUT2D eigenvalue weighted by molar-refractivity contribution is 5.76. The molecule has 1 aromatic heterocycles. The van der Waals surface area contributed by atoms with Crippen LogP contribution in [0.2, 0.25) is 0 Å². The number of benzene rings is 1. The summed E-state index contributed by atoms with van der Waals surface area (Å²) in [5.74, 6) is 0.274. The molecule has 7 heteroatoms. The summed E-state index contributed by atoms with van der Waals surface area (Å²) in [6.07, 6.45) is 4.24. The molecule has 1 atom stereocenters. The number of aliphatic carboxylic acids is 1. The number of pyridine rings is 1. The fourth-order valence-corrected chi connectivity index (χ4v) is 3.67. The van der Waals surface area contributed by atoms with Gasteiger partial charge >= 0.3 is 5.97 Å². The minimum atomic E-state index is -0.970. The van der Waals surface area contributed by atoms with Crippen LogP contribution in [0.1, 0.15) is 30.0 Å². The number of piperidine rings is 1. The SMILES string of the molecule is O=C(O)[C@@H](c1ccc2c(c1)OCO2)N1CCC(O)(c2cccnc2)CC1. The Morgan fingerprint density at radius 1 is 1.19 bits per heavy atom. The normalized spacial score (nSPS) is 19.9. The number of carboxylic acid groups (broad SMARTS) is 1. The second-order valence-electron chi connectivity index (χ2n) is 6.66. The highest BCUT2D eigenvalue weighted by Crippen LogP contribution is 2.38. The summed E-state index contributed by atoms with van der Waals surface area (Å²) in [7, 11) is 0. The molecule has 2 aliphatic heterocycles. The zero-order valence-electron chi connectivity index (χ0n) is 14.2. The molecule has 0 spiro atoms. The first-order valence-electron chi connectivity index (χ1n) is 8.56. The lowest BCUT2D eigenvalue weighted by Gasteiger charge is -2.40. The molecule has 0 bridgehead atoms. The lowest BCUT2D eigenvalue weighted by molar-refractivity contribution is -0.146. The van der Waals surface area contributed by atoms with Gasteiger partial charge in [0, 0.05) is 31.0 Å². The molecule has 0 aliphatic carbocycles. The monoisotopic (exact) mass is 356 g/mol. The van der Waals surface area contributed by atoms with Crippen molar-refractivity contribution in [2.45, 2.75) is 24.5 Å². The van der Waals surface area contributed by atoms with Crippen molar-refractivity contribution in [2.24, 2.45) is 0 Å². The van der Waals surface area contributed by atoms with E-state index in [0.29, 0.717) is 43.0 Å². The Morgan fingerprint density at radius 2 is 1.96 bits per heavy atom. The maximum Gasteiger partial charge on any atom is 0.325 e. The highest BCUT2D eigenvalue weighted by atomic mass is 16.7. The average molecular weight is 356 g/mol. The van der Waals surface area contributed by atoms with Gasteiger partial charge in [-0.2, -0.15) is 0 Å². The number of rotatable bonds is 4. The van der Waals surface area contributed by atoms with Crippen molar-refractivity contribution in [1.29, 1.82) is 0 Å². The number of ether oxygens (including phenoxy) is 2. The molecule has 2 aromatic rings. The lowest BCUT2D eigenvalue weighted by atomic mass is 9.84. The van der Waals surface area contributed by atoms with Crippen molar-refractivity contribution in [3.8, 4) is 11.5 Å². The van der Waals surface area contributed by atoms with E-state index in [2.05, 4.69) is 4.98 Å². The van der Waals surface area contributed by atoms with Crippen molar-refractivity contribution in [3.05, 3.63) is 53.9 Å². The number of aromatic nitrogens is 1. The average Bonchev–Trinajstić information content (AvgIpc) is 3.12. The van der Waals surface area contributed by atoms with Crippen LogP contribution in [-0.4, -0.2) is 45.9 Å². The van der Waals surface area contributed by atoms with E-state index in [9.17, 15) is 15.0 Å². The number of carbonyl (C=O) groups is 1. The van der Waals surface area contributed by atoms with Gasteiger partial charge in [-0.25, -0.2) is 0 Å². The van der Waals surface area contributed by atoms with Crippen molar-refractivity contribution < 1.29 is 24.5 Å². The molecule has 136 valence electrons. The van der Waals surface area contributed by atoms with Crippen molar-refractivity contribution in [1.82, 2.24) is 9.88 Å². The van der Waals surface area contributed by atoms with E-state index in [1.54, 1.807) is 36.7 Å². The minimum Gasteiger partial charge on any atom is -0.480 e. The zero-order valence-corrected chi connectivity index (χ0v) is 14.2. The van der Waals surface area contributed by atoms with Crippen molar-refractivity contribution in [3.63, 3.8) is 0 Å². The van der Waals surface area contributed by atoms with Gasteiger partial charge in [-0.3, -0.25) is 14.7 Å². The molecule has 3 heterocycles. The van der Waals surface area contributed by atoms with Crippen molar-refractivity contribution in [2.75, 3.05) is 19.9 Å². The molecule has 0 saturated carbocycles. The van der Waals surface area contributed by atoms with Gasteiger partial charge in [-0.05, 0) is 36.6 Å². The maximum atomic E-state index is 11.9. The number of carboxylic acids is 1. The molecule has 1 saturated heterocycles. The number of hydrogen-bond acceptors (Lipinski definition) is 6. The van der Waals surface area contributed by atoms with E-state index in [1.807, 2.05) is 11.0 Å². The summed E-state index contributed by atoms with van der Waals surface area (Å²) in [6.45, 7) is 1.09. The molecule has 26 heavy (non-hydrogen) atoms. The minimum absolute atomic E-state index is 0.151. The zero-order chi connectivity index (χ0) is 18.1. The van der Waals surface area contributed by atoms with E-state index in [0.717, 1.165) is 5.56 Å². The standard InChI is InChI=1S/C19H20N2O5/c22-18(23)17(13-3-4-15-16(10-13)26-12-25-15)21-8-5-19(24,6-9-21)14-2-1-7-20-11-14/h1-4,7,10-11,17,24H,5-6,8-9,12H2,(H,22,23)/t17-/m1/s1. The van der Waals surface area contributed by atoms with Crippen LogP contribution in [-0.2, 0) is 10.4 Å². The fraction of sp³-hybridized carbons (Fsp3) is 0.368. The van der Waals surface area contributed by atoms with Gasteiger partial charge in [-0.1, -0.05) is 12.1 Å². The number of nitrogens with zero attached hydrogens (tertiary/aromatic N) is 2. The fourth-order valence-electron chi connectivity index (χ4n) is 3.67. The first-order valence-corrected chi connectivity index (χ1v) is 8.56. The smallest absolute Gasteiger partial charge is 0.325 e. The van der Waals surface area contributed by atoms with Crippen LogP contribution in [0, 0.1) is 0 Å². The Labute approximate surface area is 150 Å². The summed E-state index contributed by atoms with van der Waals surface area (Å²) >= 11 is 0. The van der Waals surface area contributed by atoms with Crippen molar-refractivity contribution >= 4 is 5.97 Å². The Hall–Kier alpha value is -2.64. The van der Waals surface area contributed by atoms with Crippen LogP contribution in [0.4, 0.5) is 0 Å². The summed E-state index contributed by atoms with van der Waals surface area (Å²) in [4.78, 5) is 17.9. The molecule has 1 fully saturated rings. The van der Waals surface area contributed by atoms with Gasteiger partial charge in [0.05, 0.1) is 5.60 Å². The third kappa shape index (κ3) is 3.00. The van der Waals surface area contributed by atoms with Gasteiger partial charge in [-0.15, -0.1) is 0 Å². The predicted octanol–water partition coefficient (Wildman–Crippen LogP) is 1.92. The topological polar surface area (TPSA) is 92.1 Å². The van der Waals surface area contributed by atoms with Crippen LogP contribution in [0.3, 0.4) is 0 Å². The molecule has 1 aromatic carbocycles. The summed E-state index contributed by atoms with van der Waals surface area (Å²) in [5, 5.41) is 20.7. The highest BCUT2D eigenvalue weighted by Gasteiger charge is 2.38. The lowest BCUT2D eigenvalue weighted by Crippen LogP contribution is -2.46. The number of likely N-dealkylation sites (tertiary alicyclic amines) is 1. The molecule has 0 amide bonds. The van der Waals surface area contributed by atoms with E-state index in [4.69, 9.17) is 9.47 Å². The quantitative estimate of drug-likeness (QED) is 0.865. The van der Waals surface area contributed by atoms with Gasteiger partial charge in [0.2, 0.25) is 6.79 Å². The Morgan fingerprint density at radius 3 is 2.65 bits per heavy atom. The number of aliphatic hydroxyl groups is 1. The second-order valence-corrected chi connectivity index (χ2v) is 6.66. The summed E-state index contributed by atoms with van der Waals surface area (Å²) < 4.78 is 10.7. The predicted molar refractivity (Wildman–Crippen MR) is 91.9 cm³/mol. The first-order chi connectivity index (χ1) is 12.6. The molecular weight excluding hydrogens is 336 g/mol. The molecular formula is C19H20N2O5. The van der Waals surface area contributed by atoms with E-state index in [-0.39, 0.29) is 6.79 Å². The number of hydrogen-bond donors (Lipinski definition) is 2. The van der Waals surface area contributed by atoms with E-state index < -0.39 is 17.6 Å². The first kappa shape index (κ1) is 16.8.